The zero-order valence-electron chi connectivity index (χ0n) is 14.7. The second-order valence-electron chi connectivity index (χ2n) is 5.76. The molecule has 2 amide bonds. The Morgan fingerprint density at radius 2 is 2.04 bits per heavy atom. The third-order valence-electron chi connectivity index (χ3n) is 3.93. The Labute approximate surface area is 146 Å². The van der Waals surface area contributed by atoms with Gasteiger partial charge in [-0.3, -0.25) is 9.59 Å². The first-order valence-corrected chi connectivity index (χ1v) is 8.76. The summed E-state index contributed by atoms with van der Waals surface area (Å²) < 4.78 is 0. The minimum Gasteiger partial charge on any atom is -0.334 e. The topological polar surface area (TPSA) is 62.3 Å². The van der Waals surface area contributed by atoms with Gasteiger partial charge < -0.3 is 10.2 Å². The number of benzene rings is 1. The maximum absolute atomic E-state index is 12.8. The van der Waals surface area contributed by atoms with E-state index >= 15 is 0 Å². The van der Waals surface area contributed by atoms with Gasteiger partial charge in [0.15, 0.2) is 0 Å². The summed E-state index contributed by atoms with van der Waals surface area (Å²) in [5.41, 5.74) is 2.16. The number of hydrogen-bond acceptors (Lipinski definition) is 4. The molecule has 2 aromatic rings. The molecule has 1 atom stereocenters. The average molecular weight is 345 g/mol. The van der Waals surface area contributed by atoms with Crippen LogP contribution in [0.25, 0.3) is 0 Å². The predicted molar refractivity (Wildman–Crippen MR) is 97.5 cm³/mol. The number of carbonyl (C=O) groups excluding carboxylic acids is 2. The van der Waals surface area contributed by atoms with E-state index in [9.17, 15) is 9.59 Å². The Morgan fingerprint density at radius 1 is 1.33 bits per heavy atom. The lowest BCUT2D eigenvalue weighted by atomic mass is 10.1. The number of aromatic nitrogens is 1. The van der Waals surface area contributed by atoms with Crippen molar-refractivity contribution >= 4 is 28.8 Å². The van der Waals surface area contributed by atoms with Gasteiger partial charge in [0.2, 0.25) is 5.91 Å². The normalized spacial score (nSPS) is 11.9. The molecule has 0 aliphatic carbocycles. The molecule has 24 heavy (non-hydrogen) atoms. The van der Waals surface area contributed by atoms with Crippen LogP contribution < -0.4 is 5.32 Å². The van der Waals surface area contributed by atoms with Crippen LogP contribution in [0.15, 0.2) is 24.3 Å². The first-order valence-electron chi connectivity index (χ1n) is 7.94. The third kappa shape index (κ3) is 4.00. The SMILES string of the molecule is CCC(=O)Nc1cccc(C(=O)N(C)[C@@H](C)c2sc(C)nc2C)c1. The summed E-state index contributed by atoms with van der Waals surface area (Å²) in [7, 11) is 1.79. The highest BCUT2D eigenvalue weighted by atomic mass is 32.1. The van der Waals surface area contributed by atoms with Crippen LogP contribution in [-0.4, -0.2) is 28.7 Å². The van der Waals surface area contributed by atoms with Crippen LogP contribution in [0.2, 0.25) is 0 Å². The Kier molecular flexibility index (Phi) is 5.72. The third-order valence-corrected chi connectivity index (χ3v) is 5.18. The maximum atomic E-state index is 12.8. The molecule has 1 aromatic heterocycles. The van der Waals surface area contributed by atoms with E-state index in [0.29, 0.717) is 17.7 Å². The molecule has 1 N–H and O–H groups in total. The van der Waals surface area contributed by atoms with Gasteiger partial charge in [-0.2, -0.15) is 0 Å². The smallest absolute Gasteiger partial charge is 0.254 e. The van der Waals surface area contributed by atoms with Crippen molar-refractivity contribution < 1.29 is 9.59 Å². The van der Waals surface area contributed by atoms with Gasteiger partial charge in [-0.05, 0) is 39.0 Å². The first-order chi connectivity index (χ1) is 11.3. The van der Waals surface area contributed by atoms with Crippen molar-refractivity contribution in [1.82, 2.24) is 9.88 Å². The van der Waals surface area contributed by atoms with Gasteiger partial charge in [-0.1, -0.05) is 13.0 Å². The van der Waals surface area contributed by atoms with Gasteiger partial charge in [0.1, 0.15) is 0 Å². The number of rotatable bonds is 5. The molecule has 1 aromatic carbocycles. The molecule has 0 aliphatic rings. The van der Waals surface area contributed by atoms with Gasteiger partial charge in [-0.15, -0.1) is 11.3 Å². The van der Waals surface area contributed by atoms with E-state index in [2.05, 4.69) is 10.3 Å². The van der Waals surface area contributed by atoms with Gasteiger partial charge >= 0.3 is 0 Å². The van der Waals surface area contributed by atoms with Crippen LogP contribution in [0.5, 0.6) is 0 Å². The van der Waals surface area contributed by atoms with Crippen LogP contribution in [0.1, 0.15) is 52.2 Å². The predicted octanol–water partition coefficient (Wildman–Crippen LogP) is 3.94. The largest absolute Gasteiger partial charge is 0.334 e. The van der Waals surface area contributed by atoms with Crippen LogP contribution >= 0.6 is 11.3 Å². The number of nitrogens with one attached hydrogen (secondary N) is 1. The van der Waals surface area contributed by atoms with Crippen LogP contribution in [-0.2, 0) is 4.79 Å². The first kappa shape index (κ1) is 18.1. The standard InChI is InChI=1S/C18H23N3O2S/c1-6-16(22)20-15-9-7-8-14(10-15)18(23)21(5)12(3)17-11(2)19-13(4)24-17/h7-10,12H,6H2,1-5H3,(H,20,22)/t12-/m0/s1. The molecule has 0 fully saturated rings. The monoisotopic (exact) mass is 345 g/mol. The van der Waals surface area contributed by atoms with Crippen molar-refractivity contribution in [2.75, 3.05) is 12.4 Å². The molecule has 0 radical (unpaired) electrons. The number of hydrogen-bond donors (Lipinski definition) is 1. The van der Waals surface area contributed by atoms with Crippen molar-refractivity contribution in [3.8, 4) is 0 Å². The lowest BCUT2D eigenvalue weighted by Crippen LogP contribution is -2.29. The summed E-state index contributed by atoms with van der Waals surface area (Å²) in [6, 6.07) is 6.98. The zero-order valence-corrected chi connectivity index (χ0v) is 15.5. The van der Waals surface area contributed by atoms with E-state index < -0.39 is 0 Å². The molecule has 2 rings (SSSR count). The highest BCUT2D eigenvalue weighted by molar-refractivity contribution is 7.11. The summed E-state index contributed by atoms with van der Waals surface area (Å²) in [4.78, 5) is 31.5. The van der Waals surface area contributed by atoms with Crippen molar-refractivity contribution in [3.63, 3.8) is 0 Å². The Bertz CT molecular complexity index is 754. The molecular formula is C18H23N3O2S. The molecule has 0 saturated carbocycles. The van der Waals surface area contributed by atoms with Crippen LogP contribution in [0.4, 0.5) is 5.69 Å². The van der Waals surface area contributed by atoms with Crippen molar-refractivity contribution in [2.45, 2.75) is 40.2 Å². The maximum Gasteiger partial charge on any atom is 0.254 e. The fraction of sp³-hybridized carbons (Fsp3) is 0.389. The second-order valence-corrected chi connectivity index (χ2v) is 6.99. The van der Waals surface area contributed by atoms with E-state index in [1.807, 2.05) is 20.8 Å². The van der Waals surface area contributed by atoms with E-state index in [4.69, 9.17) is 0 Å². The van der Waals surface area contributed by atoms with E-state index in [1.54, 1.807) is 54.5 Å². The number of anilines is 1. The minimum atomic E-state index is -0.0828. The lowest BCUT2D eigenvalue weighted by molar-refractivity contribution is -0.115. The summed E-state index contributed by atoms with van der Waals surface area (Å²) in [5, 5.41) is 3.78. The molecule has 128 valence electrons. The number of nitrogens with zero attached hydrogens (tertiary/aromatic N) is 2. The van der Waals surface area contributed by atoms with E-state index in [-0.39, 0.29) is 17.9 Å². The number of amides is 2. The van der Waals surface area contributed by atoms with Gasteiger partial charge in [0, 0.05) is 29.6 Å². The van der Waals surface area contributed by atoms with E-state index in [1.165, 1.54) is 0 Å². The van der Waals surface area contributed by atoms with Crippen LogP contribution in [0.3, 0.4) is 0 Å². The lowest BCUT2D eigenvalue weighted by Gasteiger charge is -2.24. The highest BCUT2D eigenvalue weighted by Gasteiger charge is 2.22. The molecule has 0 spiro atoms. The summed E-state index contributed by atoms with van der Waals surface area (Å²) in [6.45, 7) is 7.73. The average Bonchev–Trinajstić information content (AvgIpc) is 2.91. The van der Waals surface area contributed by atoms with Crippen LogP contribution in [0, 0.1) is 13.8 Å². The quantitative estimate of drug-likeness (QED) is 0.893. The molecular weight excluding hydrogens is 322 g/mol. The summed E-state index contributed by atoms with van der Waals surface area (Å²) in [6.07, 6.45) is 0.402. The fourth-order valence-electron chi connectivity index (χ4n) is 2.47. The zero-order chi connectivity index (χ0) is 17.9. The highest BCUT2D eigenvalue weighted by Crippen LogP contribution is 2.29. The Balaban J connectivity index is 2.20. The Hall–Kier alpha value is -2.21. The summed E-state index contributed by atoms with van der Waals surface area (Å²) in [5.74, 6) is -0.155. The van der Waals surface area contributed by atoms with Crippen molar-refractivity contribution in [2.24, 2.45) is 0 Å². The molecule has 0 aliphatic heterocycles. The Morgan fingerprint density at radius 3 is 2.62 bits per heavy atom. The molecule has 0 unspecified atom stereocenters. The molecule has 1 heterocycles. The molecule has 0 bridgehead atoms. The minimum absolute atomic E-state index is 0.0578. The van der Waals surface area contributed by atoms with Crippen molar-refractivity contribution in [3.05, 3.63) is 45.4 Å². The van der Waals surface area contributed by atoms with Gasteiger partial charge in [0.05, 0.1) is 16.7 Å². The number of aryl methyl sites for hydroxylation is 2. The summed E-state index contributed by atoms with van der Waals surface area (Å²) >= 11 is 1.62. The molecule has 0 saturated heterocycles. The fourth-order valence-corrected chi connectivity index (χ4v) is 3.49. The van der Waals surface area contributed by atoms with E-state index in [0.717, 1.165) is 15.6 Å². The number of thiazole rings is 1. The van der Waals surface area contributed by atoms with Gasteiger partial charge in [0.25, 0.3) is 5.91 Å². The number of carbonyl (C=O) groups is 2. The molecule has 5 nitrogen and oxygen atoms in total. The molecule has 6 heteroatoms. The second kappa shape index (κ2) is 7.57. The van der Waals surface area contributed by atoms with Crippen molar-refractivity contribution in [1.29, 1.82) is 0 Å². The van der Waals surface area contributed by atoms with Gasteiger partial charge in [-0.25, -0.2) is 4.98 Å².